The standard InChI is InChI=1S/C27H30N2O6S/c1-29-19-13-18(26(30)28-14-17-5-8-21-23(11-17)35-15-34-21)6-9-24(19)36-25(27(29)31)12-16-4-7-20(32-2)22(10-16)33-3/h4-5,7-8,10-12,18-19,24H,6,9,13-15H2,1-3H3,(H,28,30)/b25-12+. The number of hydrogen-bond donors (Lipinski definition) is 1. The van der Waals surface area contributed by atoms with Crippen LogP contribution in [0.25, 0.3) is 6.08 Å². The molecule has 2 fully saturated rings. The van der Waals surface area contributed by atoms with Crippen LogP contribution >= 0.6 is 11.8 Å². The van der Waals surface area contributed by atoms with E-state index in [9.17, 15) is 9.59 Å². The van der Waals surface area contributed by atoms with Crippen molar-refractivity contribution in [1.82, 2.24) is 10.2 Å². The van der Waals surface area contributed by atoms with E-state index in [0.29, 0.717) is 35.1 Å². The Hall–Kier alpha value is -3.33. The van der Waals surface area contributed by atoms with Gasteiger partial charge in [0.05, 0.1) is 19.1 Å². The Balaban J connectivity index is 1.22. The molecule has 190 valence electrons. The van der Waals surface area contributed by atoms with Gasteiger partial charge in [0.25, 0.3) is 5.91 Å². The summed E-state index contributed by atoms with van der Waals surface area (Å²) in [5, 5.41) is 3.33. The molecule has 3 aliphatic rings. The van der Waals surface area contributed by atoms with Crippen LogP contribution in [-0.2, 0) is 16.1 Å². The number of carbonyl (C=O) groups is 2. The predicted octanol–water partition coefficient (Wildman–Crippen LogP) is 3.83. The molecule has 0 bridgehead atoms. The molecule has 2 aromatic rings. The molecule has 9 heteroatoms. The third-order valence-electron chi connectivity index (χ3n) is 7.04. The number of rotatable bonds is 6. The largest absolute Gasteiger partial charge is 0.493 e. The summed E-state index contributed by atoms with van der Waals surface area (Å²) in [5.41, 5.74) is 1.85. The van der Waals surface area contributed by atoms with Gasteiger partial charge in [-0.2, -0.15) is 0 Å². The molecule has 2 aromatic carbocycles. The number of methoxy groups -OCH3 is 2. The van der Waals surface area contributed by atoms with Crippen molar-refractivity contribution in [2.75, 3.05) is 28.1 Å². The molecule has 5 rings (SSSR count). The van der Waals surface area contributed by atoms with Crippen molar-refractivity contribution in [3.05, 3.63) is 52.4 Å². The number of nitrogens with zero attached hydrogens (tertiary/aromatic N) is 1. The molecule has 1 saturated heterocycles. The first kappa shape index (κ1) is 24.4. The maximum atomic E-state index is 13.2. The Labute approximate surface area is 214 Å². The molecular formula is C27H30N2O6S. The Morgan fingerprint density at radius 2 is 1.92 bits per heavy atom. The van der Waals surface area contributed by atoms with E-state index < -0.39 is 0 Å². The Morgan fingerprint density at radius 1 is 1.11 bits per heavy atom. The summed E-state index contributed by atoms with van der Waals surface area (Å²) in [7, 11) is 5.03. The van der Waals surface area contributed by atoms with E-state index in [0.717, 1.165) is 29.7 Å². The maximum Gasteiger partial charge on any atom is 0.260 e. The molecule has 2 amide bonds. The van der Waals surface area contributed by atoms with Crippen molar-refractivity contribution in [1.29, 1.82) is 0 Å². The highest BCUT2D eigenvalue weighted by Crippen LogP contribution is 2.43. The lowest BCUT2D eigenvalue weighted by atomic mass is 9.83. The second-order valence-corrected chi connectivity index (χ2v) is 10.5. The topological polar surface area (TPSA) is 86.3 Å². The van der Waals surface area contributed by atoms with Gasteiger partial charge in [-0.3, -0.25) is 9.59 Å². The molecule has 8 nitrogen and oxygen atoms in total. The second-order valence-electron chi connectivity index (χ2n) is 9.18. The van der Waals surface area contributed by atoms with Crippen LogP contribution in [-0.4, -0.2) is 56.1 Å². The summed E-state index contributed by atoms with van der Waals surface area (Å²) in [6, 6.07) is 11.3. The number of nitrogens with one attached hydrogen (secondary N) is 1. The normalized spacial score (nSPS) is 23.9. The van der Waals surface area contributed by atoms with Gasteiger partial charge in [0.15, 0.2) is 23.0 Å². The van der Waals surface area contributed by atoms with E-state index in [2.05, 4.69) is 5.32 Å². The number of hydrogen-bond acceptors (Lipinski definition) is 7. The number of carbonyl (C=O) groups excluding carboxylic acids is 2. The first-order chi connectivity index (χ1) is 17.5. The third-order valence-corrected chi connectivity index (χ3v) is 8.44. The molecule has 1 aliphatic carbocycles. The van der Waals surface area contributed by atoms with Crippen molar-refractivity contribution in [2.24, 2.45) is 5.92 Å². The zero-order valence-corrected chi connectivity index (χ0v) is 21.4. The molecule has 1 N–H and O–H groups in total. The van der Waals surface area contributed by atoms with Crippen LogP contribution < -0.4 is 24.3 Å². The molecule has 36 heavy (non-hydrogen) atoms. The minimum atomic E-state index is -0.118. The number of benzene rings is 2. The SMILES string of the molecule is COc1ccc(/C=C2/SC3CCC(C(=O)NCc4ccc5c(c4)OCO5)CC3N(C)C2=O)cc1OC. The van der Waals surface area contributed by atoms with Gasteiger partial charge in [-0.25, -0.2) is 0 Å². The van der Waals surface area contributed by atoms with Crippen LogP contribution in [0.4, 0.5) is 0 Å². The fraction of sp³-hybridized carbons (Fsp3) is 0.407. The highest BCUT2D eigenvalue weighted by Gasteiger charge is 2.42. The Morgan fingerprint density at radius 3 is 2.72 bits per heavy atom. The number of ether oxygens (including phenoxy) is 4. The summed E-state index contributed by atoms with van der Waals surface area (Å²) in [4.78, 5) is 28.7. The number of likely N-dealkylation sites (N-methyl/N-ethyl adjacent to an activating group) is 1. The van der Waals surface area contributed by atoms with Crippen molar-refractivity contribution < 1.29 is 28.5 Å². The van der Waals surface area contributed by atoms with Crippen LogP contribution in [0.3, 0.4) is 0 Å². The minimum absolute atomic E-state index is 0.0162. The third kappa shape index (κ3) is 4.84. The molecule has 3 unspecified atom stereocenters. The zero-order valence-electron chi connectivity index (χ0n) is 20.6. The van der Waals surface area contributed by atoms with Crippen LogP contribution in [0.15, 0.2) is 41.3 Å². The first-order valence-electron chi connectivity index (χ1n) is 12.0. The van der Waals surface area contributed by atoms with Gasteiger partial charge in [-0.05, 0) is 60.7 Å². The second kappa shape index (κ2) is 10.3. The lowest BCUT2D eigenvalue weighted by Crippen LogP contribution is -2.52. The van der Waals surface area contributed by atoms with Crippen LogP contribution in [0.1, 0.15) is 30.4 Å². The summed E-state index contributed by atoms with van der Waals surface area (Å²) in [6.07, 6.45) is 4.24. The van der Waals surface area contributed by atoms with E-state index in [1.807, 2.05) is 54.4 Å². The average molecular weight is 511 g/mol. The smallest absolute Gasteiger partial charge is 0.260 e. The zero-order chi connectivity index (χ0) is 25.2. The number of amides is 2. The molecule has 1 saturated carbocycles. The highest BCUT2D eigenvalue weighted by molar-refractivity contribution is 8.04. The highest BCUT2D eigenvalue weighted by atomic mass is 32.2. The van der Waals surface area contributed by atoms with Crippen LogP contribution in [0.5, 0.6) is 23.0 Å². The first-order valence-corrected chi connectivity index (χ1v) is 12.9. The molecule has 3 atom stereocenters. The average Bonchev–Trinajstić information content (AvgIpc) is 3.38. The van der Waals surface area contributed by atoms with Gasteiger partial charge in [-0.1, -0.05) is 12.1 Å². The van der Waals surface area contributed by atoms with E-state index in [1.165, 1.54) is 0 Å². The summed E-state index contributed by atoms with van der Waals surface area (Å²) in [6.45, 7) is 0.660. The maximum absolute atomic E-state index is 13.2. The van der Waals surface area contributed by atoms with Crippen molar-refractivity contribution >= 4 is 29.7 Å². The number of fused-ring (bicyclic) bond motifs is 2. The number of thioether (sulfide) groups is 1. The van der Waals surface area contributed by atoms with E-state index >= 15 is 0 Å². The molecule has 0 spiro atoms. The van der Waals surface area contributed by atoms with Gasteiger partial charge in [0.2, 0.25) is 12.7 Å². The predicted molar refractivity (Wildman–Crippen MR) is 137 cm³/mol. The summed E-state index contributed by atoms with van der Waals surface area (Å²) < 4.78 is 21.5. The summed E-state index contributed by atoms with van der Waals surface area (Å²) in [5.74, 6) is 2.60. The Kier molecular flexibility index (Phi) is 7.00. The minimum Gasteiger partial charge on any atom is -0.493 e. The van der Waals surface area contributed by atoms with Gasteiger partial charge in [-0.15, -0.1) is 11.8 Å². The van der Waals surface area contributed by atoms with Gasteiger partial charge in [0, 0.05) is 30.8 Å². The van der Waals surface area contributed by atoms with E-state index in [-0.39, 0.29) is 35.8 Å². The monoisotopic (exact) mass is 510 g/mol. The molecule has 2 aliphatic heterocycles. The Bertz CT molecular complexity index is 1200. The van der Waals surface area contributed by atoms with Crippen molar-refractivity contribution in [2.45, 2.75) is 37.1 Å². The van der Waals surface area contributed by atoms with Crippen molar-refractivity contribution in [3.8, 4) is 23.0 Å². The molecule has 0 radical (unpaired) electrons. The van der Waals surface area contributed by atoms with Crippen LogP contribution in [0.2, 0.25) is 0 Å². The molecular weight excluding hydrogens is 480 g/mol. The lowest BCUT2D eigenvalue weighted by Gasteiger charge is -2.44. The van der Waals surface area contributed by atoms with E-state index in [1.54, 1.807) is 26.0 Å². The molecule has 2 heterocycles. The summed E-state index contributed by atoms with van der Waals surface area (Å²) >= 11 is 1.62. The fourth-order valence-electron chi connectivity index (χ4n) is 5.01. The van der Waals surface area contributed by atoms with Gasteiger partial charge in [0.1, 0.15) is 0 Å². The lowest BCUT2D eigenvalue weighted by molar-refractivity contribution is -0.132. The molecule has 0 aromatic heterocycles. The van der Waals surface area contributed by atoms with Crippen LogP contribution in [0, 0.1) is 5.92 Å². The van der Waals surface area contributed by atoms with Gasteiger partial charge >= 0.3 is 0 Å². The fourth-order valence-corrected chi connectivity index (χ4v) is 6.49. The van der Waals surface area contributed by atoms with Crippen molar-refractivity contribution in [3.63, 3.8) is 0 Å². The van der Waals surface area contributed by atoms with E-state index in [4.69, 9.17) is 18.9 Å². The van der Waals surface area contributed by atoms with Gasteiger partial charge < -0.3 is 29.2 Å². The quantitative estimate of drug-likeness (QED) is 0.591.